The van der Waals surface area contributed by atoms with Crippen molar-refractivity contribution in [3.8, 4) is 28.7 Å². The number of phenols is 4. The summed E-state index contributed by atoms with van der Waals surface area (Å²) in [5, 5.41) is 80.7. The molecule has 5 atom stereocenters. The summed E-state index contributed by atoms with van der Waals surface area (Å²) in [7, 11) is 1.39. The molecule has 0 saturated carbocycles. The second kappa shape index (κ2) is 9.81. The highest BCUT2D eigenvalue weighted by atomic mass is 16.5. The third kappa shape index (κ3) is 4.68. The van der Waals surface area contributed by atoms with Crippen LogP contribution in [0.4, 0.5) is 0 Å². The van der Waals surface area contributed by atoms with Crippen LogP contribution in [-0.4, -0.2) is 84.8 Å². The number of carbonyl (C=O) groups is 1. The standard InChI is InChI=1S/C22H26O11/c1-32-14-5-3-9(6-11(14)25)2-4-10(24)16-12(26)7-13(27)17(19(16)29)22-21(31)20(30)18(28)15(8-23)33-22/h3,5-7,15,18,20-23,25-31H,2,4,8H2,1H3/t15-,18-,20+,21-,22+/m1/s1. The summed E-state index contributed by atoms with van der Waals surface area (Å²) in [5.74, 6) is -2.91. The van der Waals surface area contributed by atoms with Crippen molar-refractivity contribution in [2.75, 3.05) is 13.7 Å². The minimum Gasteiger partial charge on any atom is -0.507 e. The quantitative estimate of drug-likeness (QED) is 0.253. The first kappa shape index (κ1) is 24.6. The van der Waals surface area contributed by atoms with Gasteiger partial charge in [-0.15, -0.1) is 0 Å². The molecule has 3 rings (SSSR count). The van der Waals surface area contributed by atoms with Crippen LogP contribution < -0.4 is 4.74 Å². The summed E-state index contributed by atoms with van der Waals surface area (Å²) in [6.07, 6.45) is -8.28. The van der Waals surface area contributed by atoms with E-state index in [2.05, 4.69) is 0 Å². The first-order valence-electron chi connectivity index (χ1n) is 10.1. The number of aliphatic hydroxyl groups is 4. The smallest absolute Gasteiger partial charge is 0.170 e. The van der Waals surface area contributed by atoms with Gasteiger partial charge in [0.1, 0.15) is 53.3 Å². The van der Waals surface area contributed by atoms with Crippen molar-refractivity contribution in [1.29, 1.82) is 0 Å². The molecule has 1 aliphatic rings. The van der Waals surface area contributed by atoms with Crippen molar-refractivity contribution in [1.82, 2.24) is 0 Å². The molecule has 2 aromatic rings. The lowest BCUT2D eigenvalue weighted by atomic mass is 9.88. The summed E-state index contributed by atoms with van der Waals surface area (Å²) in [6, 6.07) is 5.33. The molecule has 33 heavy (non-hydrogen) atoms. The highest BCUT2D eigenvalue weighted by molar-refractivity contribution is 6.02. The number of aliphatic hydroxyl groups excluding tert-OH is 4. The molecule has 2 aromatic carbocycles. The monoisotopic (exact) mass is 466 g/mol. The molecule has 0 unspecified atom stereocenters. The Morgan fingerprint density at radius 2 is 1.67 bits per heavy atom. The van der Waals surface area contributed by atoms with Gasteiger partial charge in [-0.1, -0.05) is 6.07 Å². The Morgan fingerprint density at radius 1 is 0.970 bits per heavy atom. The average molecular weight is 466 g/mol. The fourth-order valence-electron chi connectivity index (χ4n) is 3.83. The molecule has 0 amide bonds. The van der Waals surface area contributed by atoms with Gasteiger partial charge in [0.05, 0.1) is 19.3 Å². The number of hydrogen-bond donors (Lipinski definition) is 8. The van der Waals surface area contributed by atoms with Crippen molar-refractivity contribution in [2.45, 2.75) is 43.4 Å². The zero-order chi connectivity index (χ0) is 24.4. The molecule has 0 radical (unpaired) electrons. The molecule has 0 aliphatic carbocycles. The minimum absolute atomic E-state index is 0.123. The first-order chi connectivity index (χ1) is 15.6. The van der Waals surface area contributed by atoms with Crippen molar-refractivity contribution in [3.63, 3.8) is 0 Å². The van der Waals surface area contributed by atoms with Gasteiger partial charge in [-0.05, 0) is 24.1 Å². The predicted octanol–water partition coefficient (Wildman–Crippen LogP) is -0.152. The Labute approximate surface area is 188 Å². The van der Waals surface area contributed by atoms with Crippen LogP contribution in [0, 0.1) is 0 Å². The Morgan fingerprint density at radius 3 is 2.27 bits per heavy atom. The molecule has 8 N–H and O–H groups in total. The van der Waals surface area contributed by atoms with E-state index in [4.69, 9.17) is 9.47 Å². The van der Waals surface area contributed by atoms with E-state index >= 15 is 0 Å². The average Bonchev–Trinajstić information content (AvgIpc) is 2.77. The molecular formula is C22H26O11. The van der Waals surface area contributed by atoms with E-state index < -0.39 is 71.3 Å². The van der Waals surface area contributed by atoms with Crippen LogP contribution in [0.3, 0.4) is 0 Å². The molecule has 0 spiro atoms. The molecule has 1 saturated heterocycles. The fourth-order valence-corrected chi connectivity index (χ4v) is 3.83. The highest BCUT2D eigenvalue weighted by Crippen LogP contribution is 2.46. The molecule has 180 valence electrons. The van der Waals surface area contributed by atoms with Crippen LogP contribution in [0.1, 0.15) is 34.0 Å². The molecule has 1 aliphatic heterocycles. The number of phenolic OH excluding ortho intramolecular Hbond substituents is 4. The number of ether oxygens (including phenoxy) is 2. The molecule has 11 nitrogen and oxygen atoms in total. The number of benzene rings is 2. The van der Waals surface area contributed by atoms with Crippen LogP contribution in [0.25, 0.3) is 0 Å². The largest absolute Gasteiger partial charge is 0.507 e. The maximum Gasteiger partial charge on any atom is 0.170 e. The minimum atomic E-state index is -1.82. The van der Waals surface area contributed by atoms with Crippen LogP contribution in [0.2, 0.25) is 0 Å². The maximum absolute atomic E-state index is 12.8. The van der Waals surface area contributed by atoms with Gasteiger partial charge in [0.15, 0.2) is 17.3 Å². The second-order valence-electron chi connectivity index (χ2n) is 7.73. The number of methoxy groups -OCH3 is 1. The van der Waals surface area contributed by atoms with Gasteiger partial charge in [0, 0.05) is 12.5 Å². The Bertz CT molecular complexity index is 1020. The summed E-state index contributed by atoms with van der Waals surface area (Å²) in [6.45, 7) is -0.735. The normalized spacial score (nSPS) is 25.1. The molecule has 1 fully saturated rings. The van der Waals surface area contributed by atoms with Gasteiger partial charge >= 0.3 is 0 Å². The number of carbonyl (C=O) groups excluding carboxylic acids is 1. The summed E-state index contributed by atoms with van der Waals surface area (Å²) >= 11 is 0. The lowest BCUT2D eigenvalue weighted by molar-refractivity contribution is -0.232. The van der Waals surface area contributed by atoms with E-state index in [-0.39, 0.29) is 24.3 Å². The lowest BCUT2D eigenvalue weighted by Gasteiger charge is -2.40. The number of hydrogen-bond acceptors (Lipinski definition) is 11. The Hall–Kier alpha value is -3.09. The van der Waals surface area contributed by atoms with Crippen LogP contribution in [0.15, 0.2) is 24.3 Å². The molecule has 11 heteroatoms. The van der Waals surface area contributed by atoms with Crippen molar-refractivity contribution < 1.29 is 55.1 Å². The van der Waals surface area contributed by atoms with E-state index in [1.54, 1.807) is 6.07 Å². The van der Waals surface area contributed by atoms with Crippen molar-refractivity contribution >= 4 is 5.78 Å². The number of Topliss-reactive ketones (excluding diaryl/α,β-unsaturated/α-hetero) is 1. The third-order valence-corrected chi connectivity index (χ3v) is 5.64. The van der Waals surface area contributed by atoms with E-state index in [1.165, 1.54) is 19.2 Å². The fraction of sp³-hybridized carbons (Fsp3) is 0.409. The third-order valence-electron chi connectivity index (χ3n) is 5.64. The van der Waals surface area contributed by atoms with Gasteiger partial charge in [-0.2, -0.15) is 0 Å². The topological polar surface area (TPSA) is 197 Å². The van der Waals surface area contributed by atoms with Gasteiger partial charge in [0.2, 0.25) is 0 Å². The molecule has 0 aromatic heterocycles. The van der Waals surface area contributed by atoms with Crippen LogP contribution >= 0.6 is 0 Å². The van der Waals surface area contributed by atoms with Gasteiger partial charge in [0.25, 0.3) is 0 Å². The van der Waals surface area contributed by atoms with Crippen LogP contribution in [0.5, 0.6) is 28.7 Å². The van der Waals surface area contributed by atoms with Gasteiger partial charge in [-0.3, -0.25) is 4.79 Å². The maximum atomic E-state index is 12.8. The Balaban J connectivity index is 1.90. The van der Waals surface area contributed by atoms with Gasteiger partial charge in [-0.25, -0.2) is 0 Å². The summed E-state index contributed by atoms with van der Waals surface area (Å²) in [5.41, 5.74) is -0.457. The van der Waals surface area contributed by atoms with Crippen molar-refractivity contribution in [3.05, 3.63) is 41.0 Å². The SMILES string of the molecule is COc1ccc(CCC(=O)c2c(O)cc(O)c([C@@H]3O[C@H](CO)[C@@H](O)[C@H](O)[C@H]3O)c2O)cc1O. The Kier molecular flexibility index (Phi) is 7.30. The number of aromatic hydroxyl groups is 4. The second-order valence-corrected chi connectivity index (χ2v) is 7.73. The molecular weight excluding hydrogens is 440 g/mol. The lowest BCUT2D eigenvalue weighted by Crippen LogP contribution is -2.55. The van der Waals surface area contributed by atoms with Gasteiger partial charge < -0.3 is 50.3 Å². The molecule has 0 bridgehead atoms. The summed E-state index contributed by atoms with van der Waals surface area (Å²) in [4.78, 5) is 12.8. The van der Waals surface area contributed by atoms with E-state index in [1.807, 2.05) is 0 Å². The predicted molar refractivity (Wildman–Crippen MR) is 111 cm³/mol. The van der Waals surface area contributed by atoms with E-state index in [9.17, 15) is 45.6 Å². The number of ketones is 1. The number of rotatable bonds is 7. The zero-order valence-electron chi connectivity index (χ0n) is 17.6. The van der Waals surface area contributed by atoms with Crippen molar-refractivity contribution in [2.24, 2.45) is 0 Å². The molecule has 1 heterocycles. The summed E-state index contributed by atoms with van der Waals surface area (Å²) < 4.78 is 10.3. The zero-order valence-corrected chi connectivity index (χ0v) is 17.6. The van der Waals surface area contributed by atoms with E-state index in [0.29, 0.717) is 5.56 Å². The first-order valence-corrected chi connectivity index (χ1v) is 10.1. The van der Waals surface area contributed by atoms with E-state index in [0.717, 1.165) is 6.07 Å². The van der Waals surface area contributed by atoms with Crippen LogP contribution in [-0.2, 0) is 11.2 Å². The highest BCUT2D eigenvalue weighted by Gasteiger charge is 2.46. The number of aryl methyl sites for hydroxylation is 1.